The van der Waals surface area contributed by atoms with E-state index in [1.165, 1.54) is 11.1 Å². The normalized spacial score (nSPS) is 14.7. The van der Waals surface area contributed by atoms with Crippen LogP contribution in [0.3, 0.4) is 0 Å². The van der Waals surface area contributed by atoms with E-state index in [2.05, 4.69) is 26.3 Å². The third-order valence-electron chi connectivity index (χ3n) is 6.36. The molecule has 4 rings (SSSR count). The summed E-state index contributed by atoms with van der Waals surface area (Å²) in [5.41, 5.74) is 2.31. The van der Waals surface area contributed by atoms with Crippen molar-refractivity contribution in [1.29, 1.82) is 5.26 Å². The van der Waals surface area contributed by atoms with Gasteiger partial charge in [-0.2, -0.15) is 5.26 Å². The summed E-state index contributed by atoms with van der Waals surface area (Å²) in [6.07, 6.45) is 6.47. The molecule has 2 aliphatic rings. The number of nitrogens with zero attached hydrogens (tertiary/aromatic N) is 6. The minimum atomic E-state index is -0.414. The summed E-state index contributed by atoms with van der Waals surface area (Å²) in [5, 5.41) is 12.1. The average molecular weight is 506 g/mol. The highest BCUT2D eigenvalue weighted by Gasteiger charge is 2.28. The van der Waals surface area contributed by atoms with Gasteiger partial charge in [-0.15, -0.1) is 0 Å². The lowest BCUT2D eigenvalue weighted by Crippen LogP contribution is -2.40. The van der Waals surface area contributed by atoms with Crippen LogP contribution in [0, 0.1) is 11.3 Å². The Balaban J connectivity index is 1.48. The third kappa shape index (κ3) is 6.67. The van der Waals surface area contributed by atoms with Crippen molar-refractivity contribution in [2.24, 2.45) is 0 Å². The first kappa shape index (κ1) is 26.2. The molecule has 1 N–H and O–H groups in total. The predicted octanol–water partition coefficient (Wildman–Crippen LogP) is 2.25. The molecule has 37 heavy (non-hydrogen) atoms. The zero-order valence-corrected chi connectivity index (χ0v) is 21.1. The van der Waals surface area contributed by atoms with Crippen molar-refractivity contribution >= 4 is 30.2 Å². The summed E-state index contributed by atoms with van der Waals surface area (Å²) in [6.45, 7) is 2.79. The van der Waals surface area contributed by atoms with Crippen LogP contribution >= 0.6 is 0 Å². The molecule has 0 radical (unpaired) electrons. The minimum Gasteiger partial charge on any atom is -0.489 e. The van der Waals surface area contributed by atoms with Crippen molar-refractivity contribution in [3.63, 3.8) is 0 Å². The Morgan fingerprint density at radius 3 is 2.76 bits per heavy atom. The van der Waals surface area contributed by atoms with E-state index in [4.69, 9.17) is 4.74 Å². The van der Waals surface area contributed by atoms with Gasteiger partial charge < -0.3 is 14.4 Å². The van der Waals surface area contributed by atoms with Crippen LogP contribution in [-0.4, -0.2) is 84.7 Å². The van der Waals surface area contributed by atoms with Crippen LogP contribution in [0.25, 0.3) is 0 Å². The molecule has 1 aliphatic carbocycles. The Bertz CT molecular complexity index is 1210. The highest BCUT2D eigenvalue weighted by molar-refractivity contribution is 6.01. The van der Waals surface area contributed by atoms with E-state index in [-0.39, 0.29) is 11.9 Å². The highest BCUT2D eigenvalue weighted by Crippen LogP contribution is 2.31. The first-order valence-electron chi connectivity index (χ1n) is 12.4. The largest absolute Gasteiger partial charge is 0.489 e. The lowest BCUT2D eigenvalue weighted by atomic mass is 10.0. The molecule has 1 aliphatic heterocycles. The monoisotopic (exact) mass is 505 g/mol. The second-order valence-corrected chi connectivity index (χ2v) is 9.48. The van der Waals surface area contributed by atoms with E-state index in [9.17, 15) is 19.6 Å². The molecule has 3 heterocycles. The number of carbonyl (C=O) groups excluding carboxylic acids is 3. The van der Waals surface area contributed by atoms with E-state index in [1.807, 2.05) is 25.1 Å². The molecule has 0 atom stereocenters. The van der Waals surface area contributed by atoms with Crippen molar-refractivity contribution in [2.75, 3.05) is 50.5 Å². The van der Waals surface area contributed by atoms with Crippen molar-refractivity contribution in [3.05, 3.63) is 40.7 Å². The van der Waals surface area contributed by atoms with Crippen LogP contribution in [-0.2, 0) is 17.8 Å². The lowest BCUT2D eigenvalue weighted by Gasteiger charge is -2.29. The molecule has 2 aromatic rings. The fourth-order valence-corrected chi connectivity index (χ4v) is 4.14. The Hall–Kier alpha value is -3.88. The first-order valence-corrected chi connectivity index (χ1v) is 12.4. The molecule has 2 aromatic heterocycles. The maximum Gasteiger partial charge on any atom is 0.328 e. The number of rotatable bonds is 11. The fourth-order valence-electron chi connectivity index (χ4n) is 4.14. The van der Waals surface area contributed by atoms with Gasteiger partial charge >= 0.3 is 6.03 Å². The zero-order chi connectivity index (χ0) is 26.4. The summed E-state index contributed by atoms with van der Waals surface area (Å²) in [6, 6.07) is 5.17. The van der Waals surface area contributed by atoms with Gasteiger partial charge in [0.2, 0.25) is 0 Å². The molecule has 194 valence electrons. The summed E-state index contributed by atoms with van der Waals surface area (Å²) in [4.78, 5) is 50.1. The van der Waals surface area contributed by atoms with Gasteiger partial charge in [0.25, 0.3) is 0 Å². The average Bonchev–Trinajstić information content (AvgIpc) is 3.71. The second-order valence-electron chi connectivity index (χ2n) is 9.48. The van der Waals surface area contributed by atoms with Crippen LogP contribution < -0.4 is 15.0 Å². The summed E-state index contributed by atoms with van der Waals surface area (Å²) < 4.78 is 5.79. The molecular weight excluding hydrogens is 474 g/mol. The number of anilines is 2. The first-order chi connectivity index (χ1) is 17.9. The maximum absolute atomic E-state index is 13.2. The number of nitrogens with one attached hydrogen (secondary N) is 1. The van der Waals surface area contributed by atoms with Gasteiger partial charge in [0.05, 0.1) is 18.8 Å². The Kier molecular flexibility index (Phi) is 8.43. The lowest BCUT2D eigenvalue weighted by molar-refractivity contribution is -0.108. The van der Waals surface area contributed by atoms with E-state index in [1.54, 1.807) is 6.07 Å². The van der Waals surface area contributed by atoms with Gasteiger partial charge in [-0.25, -0.2) is 14.8 Å². The number of pyridine rings is 2. The number of aryl methyl sites for hydroxylation is 1. The fraction of sp³-hybridized carbons (Fsp3) is 0.462. The molecule has 11 heteroatoms. The number of urea groups is 1. The topological polar surface area (TPSA) is 132 Å². The number of hydrogen-bond acceptors (Lipinski definition) is 9. The highest BCUT2D eigenvalue weighted by atomic mass is 16.5. The van der Waals surface area contributed by atoms with Gasteiger partial charge in [0.1, 0.15) is 41.0 Å². The van der Waals surface area contributed by atoms with Crippen LogP contribution in [0.5, 0.6) is 5.75 Å². The second kappa shape index (κ2) is 11.9. The SMILES string of the molecule is CN(CC=O)CCN(C)Cc1cc2c(nc1C=O)N(C(=O)Nc1cc(OC3CC3)c(C#N)cn1)CCC2. The minimum absolute atomic E-state index is 0.100. The van der Waals surface area contributed by atoms with Gasteiger partial charge in [-0.05, 0) is 57.0 Å². The van der Waals surface area contributed by atoms with Crippen LogP contribution in [0.4, 0.5) is 16.4 Å². The smallest absolute Gasteiger partial charge is 0.328 e. The number of aromatic nitrogens is 2. The number of amides is 2. The number of hydrogen-bond donors (Lipinski definition) is 1. The Morgan fingerprint density at radius 2 is 2.05 bits per heavy atom. The van der Waals surface area contributed by atoms with Crippen molar-refractivity contribution < 1.29 is 19.1 Å². The Morgan fingerprint density at radius 1 is 1.27 bits per heavy atom. The van der Waals surface area contributed by atoms with Gasteiger partial charge in [-0.1, -0.05) is 0 Å². The van der Waals surface area contributed by atoms with Crippen LogP contribution in [0.2, 0.25) is 0 Å². The van der Waals surface area contributed by atoms with Crippen molar-refractivity contribution in [3.8, 4) is 11.8 Å². The molecule has 0 unspecified atom stereocenters. The molecule has 0 saturated heterocycles. The van der Waals surface area contributed by atoms with E-state index in [0.29, 0.717) is 42.5 Å². The molecule has 0 aromatic carbocycles. The molecule has 2 amide bonds. The van der Waals surface area contributed by atoms with E-state index < -0.39 is 6.03 Å². The quantitative estimate of drug-likeness (QED) is 0.457. The third-order valence-corrected chi connectivity index (χ3v) is 6.36. The molecular formula is C26H31N7O4. The van der Waals surface area contributed by atoms with Gasteiger partial charge in [0.15, 0.2) is 6.29 Å². The molecule has 1 saturated carbocycles. The summed E-state index contributed by atoms with van der Waals surface area (Å²) in [7, 11) is 3.84. The van der Waals surface area contributed by atoms with Gasteiger partial charge in [0, 0.05) is 32.2 Å². The number of nitriles is 1. The van der Waals surface area contributed by atoms with Gasteiger partial charge in [-0.3, -0.25) is 19.9 Å². The standard InChI is InChI=1S/C26H31N7O4/c1-31(10-11-34)8-9-32(2)16-19-12-18-4-3-7-33(25(18)29-22(19)17-35)26(36)30-24-13-23(37-21-5-6-21)20(14-27)15-28-24/h11-13,15,17,21H,3-10,16H2,1-2H3,(H,28,30,36). The predicted molar refractivity (Wildman–Crippen MR) is 137 cm³/mol. The number of likely N-dealkylation sites (N-methyl/N-ethyl adjacent to an activating group) is 2. The molecule has 0 bridgehead atoms. The molecule has 0 spiro atoms. The van der Waals surface area contributed by atoms with Crippen molar-refractivity contribution in [1.82, 2.24) is 19.8 Å². The summed E-state index contributed by atoms with van der Waals surface area (Å²) >= 11 is 0. The van der Waals surface area contributed by atoms with Crippen molar-refractivity contribution in [2.45, 2.75) is 38.3 Å². The molecule has 11 nitrogen and oxygen atoms in total. The van der Waals surface area contributed by atoms with E-state index >= 15 is 0 Å². The maximum atomic E-state index is 13.2. The number of fused-ring (bicyclic) bond motifs is 1. The Labute approximate surface area is 216 Å². The zero-order valence-electron chi connectivity index (χ0n) is 21.1. The van der Waals surface area contributed by atoms with Crippen LogP contribution in [0.15, 0.2) is 18.3 Å². The van der Waals surface area contributed by atoms with Crippen LogP contribution in [0.1, 0.15) is 46.4 Å². The summed E-state index contributed by atoms with van der Waals surface area (Å²) in [5.74, 6) is 1.15. The number of ether oxygens (including phenoxy) is 1. The number of carbonyl (C=O) groups is 3. The molecule has 1 fully saturated rings. The number of aldehydes is 2. The van der Waals surface area contributed by atoms with E-state index in [0.717, 1.165) is 62.5 Å².